The molecule has 1 aliphatic rings. The molecule has 0 spiro atoms. The Hall–Kier alpha value is -3.31. The number of aryl methyl sites for hydroxylation is 1. The summed E-state index contributed by atoms with van der Waals surface area (Å²) in [6.45, 7) is 2.94. The van der Waals surface area contributed by atoms with Gasteiger partial charge in [-0.25, -0.2) is 18.5 Å². The fourth-order valence-corrected chi connectivity index (χ4v) is 2.94. The van der Waals surface area contributed by atoms with Crippen molar-refractivity contribution in [1.29, 1.82) is 0 Å². The summed E-state index contributed by atoms with van der Waals surface area (Å²) in [5, 5.41) is 0. The second-order valence-corrected chi connectivity index (χ2v) is 6.44. The lowest BCUT2D eigenvalue weighted by Crippen LogP contribution is -2.34. The highest BCUT2D eigenvalue weighted by molar-refractivity contribution is 6.21. The molecular formula is C18H13F6N3O3. The van der Waals surface area contributed by atoms with Gasteiger partial charge in [0, 0.05) is 25.0 Å². The number of alkyl halides is 3. The Kier molecular flexibility index (Phi) is 5.35. The summed E-state index contributed by atoms with van der Waals surface area (Å²) in [4.78, 5) is 30.3. The first-order valence-corrected chi connectivity index (χ1v) is 8.39. The van der Waals surface area contributed by atoms with Gasteiger partial charge in [-0.05, 0) is 31.0 Å². The lowest BCUT2D eigenvalue weighted by molar-refractivity contribution is -0.276. The third kappa shape index (κ3) is 3.76. The van der Waals surface area contributed by atoms with Gasteiger partial charge in [-0.1, -0.05) is 0 Å². The predicted octanol–water partition coefficient (Wildman–Crippen LogP) is 4.06. The molecule has 0 aliphatic carbocycles. The van der Waals surface area contributed by atoms with Crippen molar-refractivity contribution < 1.29 is 40.7 Å². The molecule has 0 bridgehead atoms. The Morgan fingerprint density at radius 2 is 1.83 bits per heavy atom. The van der Waals surface area contributed by atoms with E-state index >= 15 is 0 Å². The van der Waals surface area contributed by atoms with Gasteiger partial charge in [0.1, 0.15) is 6.04 Å². The summed E-state index contributed by atoms with van der Waals surface area (Å²) in [5.41, 5.74) is 0.155. The van der Waals surface area contributed by atoms with E-state index in [1.807, 2.05) is 0 Å². The molecule has 12 heteroatoms. The lowest BCUT2D eigenvalue weighted by Gasteiger charge is -2.21. The number of urea groups is 1. The normalized spacial score (nSPS) is 17.1. The molecule has 1 aromatic heterocycles. The highest BCUT2D eigenvalue weighted by Gasteiger charge is 2.46. The lowest BCUT2D eigenvalue weighted by atomic mass is 10.1. The Balaban J connectivity index is 1.99. The van der Waals surface area contributed by atoms with Crippen molar-refractivity contribution in [2.75, 3.05) is 4.90 Å². The Bertz CT molecular complexity index is 1030. The summed E-state index contributed by atoms with van der Waals surface area (Å²) in [6.07, 6.45) is -2.51. The Morgan fingerprint density at radius 1 is 1.17 bits per heavy atom. The number of rotatable bonds is 4. The van der Waals surface area contributed by atoms with E-state index in [0.717, 1.165) is 4.90 Å². The van der Waals surface area contributed by atoms with Gasteiger partial charge in [-0.3, -0.25) is 9.78 Å². The zero-order valence-corrected chi connectivity index (χ0v) is 15.4. The van der Waals surface area contributed by atoms with E-state index in [4.69, 9.17) is 0 Å². The number of hydrogen-bond acceptors (Lipinski definition) is 4. The molecule has 1 aliphatic heterocycles. The number of halogens is 6. The van der Waals surface area contributed by atoms with Gasteiger partial charge in [0.2, 0.25) is 11.6 Å². The van der Waals surface area contributed by atoms with Crippen LogP contribution in [0.1, 0.15) is 18.1 Å². The molecule has 3 amide bonds. The van der Waals surface area contributed by atoms with Crippen LogP contribution in [0, 0.1) is 24.4 Å². The molecular weight excluding hydrogens is 420 g/mol. The molecule has 1 unspecified atom stereocenters. The minimum Gasteiger partial charge on any atom is -0.399 e. The maximum atomic E-state index is 14.4. The molecule has 6 nitrogen and oxygen atoms in total. The van der Waals surface area contributed by atoms with Crippen molar-refractivity contribution in [1.82, 2.24) is 9.88 Å². The number of benzene rings is 1. The van der Waals surface area contributed by atoms with Crippen LogP contribution in [0.2, 0.25) is 0 Å². The molecule has 3 rings (SSSR count). The minimum absolute atomic E-state index is 0.0849. The minimum atomic E-state index is -5.48. The van der Waals surface area contributed by atoms with Gasteiger partial charge in [-0.15, -0.1) is 13.2 Å². The molecule has 1 atom stereocenters. The number of ether oxygens (including phenoxy) is 1. The van der Waals surface area contributed by atoms with Crippen molar-refractivity contribution in [3.05, 3.63) is 53.1 Å². The maximum Gasteiger partial charge on any atom is 0.573 e. The first kappa shape index (κ1) is 21.4. The maximum absolute atomic E-state index is 14.4. The van der Waals surface area contributed by atoms with E-state index in [0.29, 0.717) is 11.1 Å². The molecule has 0 radical (unpaired) electrons. The highest BCUT2D eigenvalue weighted by Crippen LogP contribution is 2.37. The van der Waals surface area contributed by atoms with E-state index in [9.17, 15) is 35.9 Å². The van der Waals surface area contributed by atoms with Crippen molar-refractivity contribution in [3.8, 4) is 5.75 Å². The standard InChI is InChI=1S/C18H13F6N3O3/c1-8-6-25-4-3-10(8)7-26-9(2)16(28)27(17(26)29)12-5-11(19)15(14(21)13(12)20)30-18(22,23)24/h3-6,9H,7H2,1-2H3. The summed E-state index contributed by atoms with van der Waals surface area (Å²) >= 11 is 0. The fraction of sp³-hybridized carbons (Fsp3) is 0.278. The summed E-state index contributed by atoms with van der Waals surface area (Å²) in [7, 11) is 0. The topological polar surface area (TPSA) is 62.7 Å². The number of carbonyl (C=O) groups is 2. The fourth-order valence-electron chi connectivity index (χ4n) is 2.94. The first-order valence-electron chi connectivity index (χ1n) is 8.39. The number of pyridine rings is 1. The van der Waals surface area contributed by atoms with Crippen LogP contribution in [0.3, 0.4) is 0 Å². The van der Waals surface area contributed by atoms with Gasteiger partial charge in [0.15, 0.2) is 11.6 Å². The average molecular weight is 433 g/mol. The second kappa shape index (κ2) is 7.50. The van der Waals surface area contributed by atoms with E-state index in [-0.39, 0.29) is 17.5 Å². The van der Waals surface area contributed by atoms with Gasteiger partial charge in [0.25, 0.3) is 5.91 Å². The number of nitrogens with zero attached hydrogens (tertiary/aromatic N) is 3. The molecule has 30 heavy (non-hydrogen) atoms. The smallest absolute Gasteiger partial charge is 0.399 e. The predicted molar refractivity (Wildman–Crippen MR) is 89.9 cm³/mol. The van der Waals surface area contributed by atoms with Crippen LogP contribution in [0.25, 0.3) is 0 Å². The van der Waals surface area contributed by atoms with E-state index < -0.39 is 53.2 Å². The average Bonchev–Trinajstić information content (AvgIpc) is 2.86. The third-order valence-electron chi connectivity index (χ3n) is 4.52. The second-order valence-electron chi connectivity index (χ2n) is 6.44. The molecule has 0 N–H and O–H groups in total. The summed E-state index contributed by atoms with van der Waals surface area (Å²) in [6, 6.07) is -0.526. The first-order chi connectivity index (χ1) is 13.9. The van der Waals surface area contributed by atoms with Crippen molar-refractivity contribution in [2.45, 2.75) is 32.8 Å². The van der Waals surface area contributed by atoms with Crippen LogP contribution in [0.4, 0.5) is 36.8 Å². The molecule has 160 valence electrons. The van der Waals surface area contributed by atoms with Crippen molar-refractivity contribution in [3.63, 3.8) is 0 Å². The SMILES string of the molecule is Cc1cnccc1CN1C(=O)N(c2cc(F)c(OC(F)(F)F)c(F)c2F)C(=O)C1C. The van der Waals surface area contributed by atoms with Crippen LogP contribution >= 0.6 is 0 Å². The Morgan fingerprint density at radius 3 is 2.43 bits per heavy atom. The van der Waals surface area contributed by atoms with Crippen LogP contribution < -0.4 is 9.64 Å². The molecule has 1 saturated heterocycles. The largest absolute Gasteiger partial charge is 0.573 e. The molecule has 0 saturated carbocycles. The Labute approximate surface area is 165 Å². The zero-order chi connectivity index (χ0) is 22.4. The number of hydrogen-bond donors (Lipinski definition) is 0. The van der Waals surface area contributed by atoms with E-state index in [1.165, 1.54) is 19.3 Å². The zero-order valence-electron chi connectivity index (χ0n) is 15.4. The number of amides is 3. The summed E-state index contributed by atoms with van der Waals surface area (Å²) < 4.78 is 82.5. The van der Waals surface area contributed by atoms with E-state index in [1.54, 1.807) is 13.0 Å². The molecule has 1 aromatic carbocycles. The van der Waals surface area contributed by atoms with E-state index in [2.05, 4.69) is 9.72 Å². The number of imide groups is 1. The number of carbonyl (C=O) groups excluding carboxylic acids is 2. The van der Waals surface area contributed by atoms with Crippen LogP contribution in [-0.4, -0.2) is 34.2 Å². The molecule has 1 fully saturated rings. The number of aromatic nitrogens is 1. The molecule has 2 aromatic rings. The summed E-state index contributed by atoms with van der Waals surface area (Å²) in [5.74, 6) is -9.32. The van der Waals surface area contributed by atoms with Gasteiger partial charge < -0.3 is 9.64 Å². The van der Waals surface area contributed by atoms with Crippen LogP contribution in [0.5, 0.6) is 5.75 Å². The van der Waals surface area contributed by atoms with Gasteiger partial charge in [-0.2, -0.15) is 4.39 Å². The number of anilines is 1. The third-order valence-corrected chi connectivity index (χ3v) is 4.52. The van der Waals surface area contributed by atoms with Crippen LogP contribution in [-0.2, 0) is 11.3 Å². The monoisotopic (exact) mass is 433 g/mol. The van der Waals surface area contributed by atoms with Crippen molar-refractivity contribution >= 4 is 17.6 Å². The highest BCUT2D eigenvalue weighted by atomic mass is 19.4. The quantitative estimate of drug-likeness (QED) is 0.415. The van der Waals surface area contributed by atoms with Crippen molar-refractivity contribution in [2.24, 2.45) is 0 Å². The van der Waals surface area contributed by atoms with Gasteiger partial charge in [0.05, 0.1) is 5.69 Å². The van der Waals surface area contributed by atoms with Crippen LogP contribution in [0.15, 0.2) is 24.5 Å². The molecule has 2 heterocycles. The van der Waals surface area contributed by atoms with Gasteiger partial charge >= 0.3 is 12.4 Å².